The first-order chi connectivity index (χ1) is 13.9. The lowest BCUT2D eigenvalue weighted by molar-refractivity contribution is 0.414. The molecule has 0 unspecified atom stereocenters. The third-order valence-corrected chi connectivity index (χ3v) is 5.91. The van der Waals surface area contributed by atoms with Crippen molar-refractivity contribution in [3.05, 3.63) is 102 Å². The molecule has 2 heteroatoms. The van der Waals surface area contributed by atoms with Crippen molar-refractivity contribution in [1.29, 1.82) is 0 Å². The van der Waals surface area contributed by atoms with Crippen LogP contribution in [0.15, 0.2) is 91.0 Å². The maximum absolute atomic E-state index is 3.65. The van der Waals surface area contributed by atoms with E-state index in [0.717, 1.165) is 32.6 Å². The molecular formula is C26H30N2. The van der Waals surface area contributed by atoms with Crippen molar-refractivity contribution in [2.75, 3.05) is 31.1 Å². The van der Waals surface area contributed by atoms with Gasteiger partial charge < -0.3 is 10.2 Å². The van der Waals surface area contributed by atoms with Crippen LogP contribution in [0.5, 0.6) is 0 Å². The zero-order chi connectivity index (χ0) is 19.0. The Morgan fingerprint density at radius 1 is 0.679 bits per heavy atom. The van der Waals surface area contributed by atoms with Gasteiger partial charge in [0, 0.05) is 18.8 Å². The molecule has 0 spiro atoms. The predicted molar refractivity (Wildman–Crippen MR) is 119 cm³/mol. The summed E-state index contributed by atoms with van der Waals surface area (Å²) in [6.45, 7) is 4.41. The fraction of sp³-hybridized carbons (Fsp3) is 0.308. The van der Waals surface area contributed by atoms with Crippen molar-refractivity contribution in [2.45, 2.75) is 12.8 Å². The number of nitrogens with one attached hydrogen (secondary N) is 1. The second kappa shape index (κ2) is 9.57. The molecule has 4 rings (SSSR count). The molecule has 144 valence electrons. The highest BCUT2D eigenvalue weighted by molar-refractivity contribution is 5.46. The molecule has 1 aliphatic heterocycles. The Hall–Kier alpha value is -2.58. The van der Waals surface area contributed by atoms with Gasteiger partial charge in [-0.1, -0.05) is 78.9 Å². The number of rotatable bonds is 8. The van der Waals surface area contributed by atoms with Crippen LogP contribution in [0.1, 0.15) is 11.1 Å². The minimum Gasteiger partial charge on any atom is -0.371 e. The molecule has 1 heterocycles. The molecule has 2 atom stereocenters. The highest BCUT2D eigenvalue weighted by atomic mass is 15.1. The molecule has 0 aromatic heterocycles. The van der Waals surface area contributed by atoms with E-state index in [1.165, 1.54) is 23.2 Å². The average Bonchev–Trinajstić information content (AvgIpc) is 3.19. The fourth-order valence-electron chi connectivity index (χ4n) is 4.31. The first kappa shape index (κ1) is 18.8. The molecule has 0 radical (unpaired) electrons. The van der Waals surface area contributed by atoms with Gasteiger partial charge in [-0.25, -0.2) is 0 Å². The molecule has 1 saturated heterocycles. The number of nitrogens with zero attached hydrogens (tertiary/aromatic N) is 1. The second-order valence-corrected chi connectivity index (χ2v) is 7.89. The molecule has 3 aromatic carbocycles. The molecule has 0 bridgehead atoms. The van der Waals surface area contributed by atoms with Crippen LogP contribution in [0.4, 0.5) is 5.69 Å². The Labute approximate surface area is 169 Å². The zero-order valence-electron chi connectivity index (χ0n) is 16.5. The maximum atomic E-state index is 3.65. The smallest absolute Gasteiger partial charge is 0.0366 e. The van der Waals surface area contributed by atoms with Gasteiger partial charge in [0.1, 0.15) is 0 Å². The monoisotopic (exact) mass is 370 g/mol. The third-order valence-electron chi connectivity index (χ3n) is 5.91. The molecule has 0 aliphatic carbocycles. The van der Waals surface area contributed by atoms with Crippen LogP contribution >= 0.6 is 0 Å². The molecule has 2 nitrogen and oxygen atoms in total. The highest BCUT2D eigenvalue weighted by Gasteiger charge is 2.28. The van der Waals surface area contributed by atoms with E-state index >= 15 is 0 Å². The van der Waals surface area contributed by atoms with Crippen molar-refractivity contribution in [3.63, 3.8) is 0 Å². The van der Waals surface area contributed by atoms with Crippen LogP contribution in [0.3, 0.4) is 0 Å². The van der Waals surface area contributed by atoms with Crippen molar-refractivity contribution in [3.8, 4) is 0 Å². The summed E-state index contributed by atoms with van der Waals surface area (Å²) in [7, 11) is 0. The van der Waals surface area contributed by atoms with Gasteiger partial charge in [0.25, 0.3) is 0 Å². The van der Waals surface area contributed by atoms with E-state index in [0.29, 0.717) is 11.8 Å². The zero-order valence-corrected chi connectivity index (χ0v) is 16.5. The number of para-hydroxylation sites is 1. The van der Waals surface area contributed by atoms with E-state index in [4.69, 9.17) is 0 Å². The summed E-state index contributed by atoms with van der Waals surface area (Å²) in [6, 6.07) is 32.7. The first-order valence-electron chi connectivity index (χ1n) is 10.5. The average molecular weight is 371 g/mol. The summed E-state index contributed by atoms with van der Waals surface area (Å²) in [5.74, 6) is 1.38. The summed E-state index contributed by atoms with van der Waals surface area (Å²) >= 11 is 0. The van der Waals surface area contributed by atoms with Crippen LogP contribution in [-0.4, -0.2) is 26.2 Å². The van der Waals surface area contributed by atoms with Gasteiger partial charge in [0.15, 0.2) is 0 Å². The van der Waals surface area contributed by atoms with E-state index in [-0.39, 0.29) is 0 Å². The van der Waals surface area contributed by atoms with Crippen LogP contribution in [0.2, 0.25) is 0 Å². The maximum Gasteiger partial charge on any atom is 0.0366 e. The molecule has 1 N–H and O–H groups in total. The number of anilines is 1. The van der Waals surface area contributed by atoms with Gasteiger partial charge in [-0.2, -0.15) is 0 Å². The third kappa shape index (κ3) is 5.02. The van der Waals surface area contributed by atoms with E-state index in [1.807, 2.05) is 0 Å². The topological polar surface area (TPSA) is 15.3 Å². The van der Waals surface area contributed by atoms with Crippen LogP contribution in [0.25, 0.3) is 0 Å². The van der Waals surface area contributed by atoms with Crippen molar-refractivity contribution >= 4 is 5.69 Å². The SMILES string of the molecule is c1ccc(CCN(C[C@@H]2CNC[C@@H]2Cc2ccccc2)c2ccccc2)cc1. The molecule has 0 saturated carbocycles. The van der Waals surface area contributed by atoms with Crippen LogP contribution in [0, 0.1) is 11.8 Å². The quantitative estimate of drug-likeness (QED) is 0.612. The number of hydrogen-bond acceptors (Lipinski definition) is 2. The Morgan fingerprint density at radius 3 is 1.93 bits per heavy atom. The highest BCUT2D eigenvalue weighted by Crippen LogP contribution is 2.25. The largest absolute Gasteiger partial charge is 0.371 e. The molecule has 1 aliphatic rings. The normalized spacial score (nSPS) is 18.9. The summed E-state index contributed by atoms with van der Waals surface area (Å²) in [6.07, 6.45) is 2.25. The molecule has 3 aromatic rings. The van der Waals surface area contributed by atoms with Crippen LogP contribution in [-0.2, 0) is 12.8 Å². The number of benzene rings is 3. The van der Waals surface area contributed by atoms with Gasteiger partial charge in [0.2, 0.25) is 0 Å². The summed E-state index contributed by atoms with van der Waals surface area (Å²) < 4.78 is 0. The summed E-state index contributed by atoms with van der Waals surface area (Å²) in [4.78, 5) is 2.59. The van der Waals surface area contributed by atoms with Gasteiger partial charge >= 0.3 is 0 Å². The summed E-state index contributed by atoms with van der Waals surface area (Å²) in [5, 5.41) is 3.65. The van der Waals surface area contributed by atoms with Gasteiger partial charge in [-0.05, 0) is 61.0 Å². The Kier molecular flexibility index (Phi) is 6.41. The van der Waals surface area contributed by atoms with E-state index in [1.54, 1.807) is 0 Å². The van der Waals surface area contributed by atoms with E-state index in [9.17, 15) is 0 Å². The minimum atomic E-state index is 0.677. The second-order valence-electron chi connectivity index (χ2n) is 7.89. The Balaban J connectivity index is 1.45. The molecule has 28 heavy (non-hydrogen) atoms. The first-order valence-corrected chi connectivity index (χ1v) is 10.5. The van der Waals surface area contributed by atoms with Crippen molar-refractivity contribution in [1.82, 2.24) is 5.32 Å². The fourth-order valence-corrected chi connectivity index (χ4v) is 4.31. The Bertz CT molecular complexity index is 817. The van der Waals surface area contributed by atoms with Crippen LogP contribution < -0.4 is 10.2 Å². The van der Waals surface area contributed by atoms with Crippen molar-refractivity contribution in [2.24, 2.45) is 11.8 Å². The van der Waals surface area contributed by atoms with Gasteiger partial charge in [-0.3, -0.25) is 0 Å². The van der Waals surface area contributed by atoms with Crippen molar-refractivity contribution < 1.29 is 0 Å². The lowest BCUT2D eigenvalue weighted by atomic mass is 9.89. The van der Waals surface area contributed by atoms with Gasteiger partial charge in [0.05, 0.1) is 0 Å². The standard InChI is InChI=1S/C26H30N2/c1-4-10-22(11-5-1)16-17-28(26-14-8-3-9-15-26)21-25-20-27-19-24(25)18-23-12-6-2-7-13-23/h1-15,24-25,27H,16-21H2/t24-,25-/m0/s1. The summed E-state index contributed by atoms with van der Waals surface area (Å²) in [5.41, 5.74) is 4.20. The van der Waals surface area contributed by atoms with E-state index < -0.39 is 0 Å². The lowest BCUT2D eigenvalue weighted by Gasteiger charge is -2.30. The molecule has 0 amide bonds. The van der Waals surface area contributed by atoms with Gasteiger partial charge in [-0.15, -0.1) is 0 Å². The predicted octanol–water partition coefficient (Wildman–Crippen LogP) is 4.81. The minimum absolute atomic E-state index is 0.677. The van der Waals surface area contributed by atoms with E-state index in [2.05, 4.69) is 101 Å². The molecule has 1 fully saturated rings. The molecular weight excluding hydrogens is 340 g/mol. The Morgan fingerprint density at radius 2 is 1.25 bits per heavy atom. The number of hydrogen-bond donors (Lipinski definition) is 1. The lowest BCUT2D eigenvalue weighted by Crippen LogP contribution is -2.35.